The van der Waals surface area contributed by atoms with Crippen molar-refractivity contribution in [3.8, 4) is 11.5 Å². The fourth-order valence-corrected chi connectivity index (χ4v) is 2.37. The van der Waals surface area contributed by atoms with Crippen molar-refractivity contribution in [2.24, 2.45) is 0 Å². The van der Waals surface area contributed by atoms with E-state index in [0.29, 0.717) is 29.5 Å². The second-order valence-electron chi connectivity index (χ2n) is 5.91. The van der Waals surface area contributed by atoms with Crippen molar-refractivity contribution in [1.29, 1.82) is 0 Å². The maximum Gasteiger partial charge on any atom is 0.306 e. The Morgan fingerprint density at radius 3 is 2.31 bits per heavy atom. The van der Waals surface area contributed by atoms with Gasteiger partial charge in [-0.2, -0.15) is 0 Å². The molecule has 0 radical (unpaired) electrons. The van der Waals surface area contributed by atoms with Crippen molar-refractivity contribution in [1.82, 2.24) is 0 Å². The van der Waals surface area contributed by atoms with E-state index in [9.17, 15) is 14.4 Å². The van der Waals surface area contributed by atoms with Crippen LogP contribution in [0.2, 0.25) is 0 Å². The van der Waals surface area contributed by atoms with Gasteiger partial charge in [-0.3, -0.25) is 14.4 Å². The molecule has 8 nitrogen and oxygen atoms in total. The first-order chi connectivity index (χ1) is 14.0. The fourth-order valence-electron chi connectivity index (χ4n) is 2.37. The van der Waals surface area contributed by atoms with Crippen molar-refractivity contribution in [2.75, 3.05) is 31.0 Å². The highest BCUT2D eigenvalue weighted by Gasteiger charge is 2.12. The van der Waals surface area contributed by atoms with Crippen LogP contribution in [-0.2, 0) is 19.1 Å². The van der Waals surface area contributed by atoms with E-state index in [4.69, 9.17) is 14.2 Å². The molecule has 8 heteroatoms. The van der Waals surface area contributed by atoms with Crippen molar-refractivity contribution in [3.05, 3.63) is 48.5 Å². The highest BCUT2D eigenvalue weighted by Crippen LogP contribution is 2.23. The number of nitrogens with one attached hydrogen (secondary N) is 2. The van der Waals surface area contributed by atoms with E-state index in [2.05, 4.69) is 10.6 Å². The molecule has 0 heterocycles. The van der Waals surface area contributed by atoms with E-state index in [1.165, 1.54) is 0 Å². The van der Waals surface area contributed by atoms with Crippen LogP contribution in [0.5, 0.6) is 11.5 Å². The summed E-state index contributed by atoms with van der Waals surface area (Å²) in [4.78, 5) is 35.7. The molecule has 2 amide bonds. The Kier molecular flexibility index (Phi) is 8.50. The molecule has 0 fully saturated rings. The van der Waals surface area contributed by atoms with E-state index in [1.807, 2.05) is 6.92 Å². The summed E-state index contributed by atoms with van der Waals surface area (Å²) in [6.45, 7) is 1.85. The van der Waals surface area contributed by atoms with Crippen molar-refractivity contribution >= 4 is 29.2 Å². The number of esters is 1. The van der Waals surface area contributed by atoms with Crippen molar-refractivity contribution < 1.29 is 28.6 Å². The number of para-hydroxylation sites is 2. The van der Waals surface area contributed by atoms with Crippen LogP contribution in [0.15, 0.2) is 48.5 Å². The zero-order valence-corrected chi connectivity index (χ0v) is 16.4. The van der Waals surface area contributed by atoms with Gasteiger partial charge in [0.1, 0.15) is 11.5 Å². The normalized spacial score (nSPS) is 10.0. The standard InChI is InChI=1S/C21H24N2O6/c1-3-28-18-7-5-4-6-17(18)23-20(25)14-29-21(26)13-12-19(24)22-15-8-10-16(27-2)11-9-15/h4-11H,3,12-14H2,1-2H3,(H,22,24)(H,23,25). The summed E-state index contributed by atoms with van der Waals surface area (Å²) in [6.07, 6.45) is -0.190. The van der Waals surface area contributed by atoms with E-state index in [1.54, 1.807) is 55.6 Å². The predicted octanol–water partition coefficient (Wildman–Crippen LogP) is 2.99. The third-order valence-electron chi connectivity index (χ3n) is 3.76. The minimum Gasteiger partial charge on any atom is -0.497 e. The van der Waals surface area contributed by atoms with Gasteiger partial charge < -0.3 is 24.8 Å². The maximum absolute atomic E-state index is 12.0. The molecule has 0 saturated carbocycles. The molecule has 0 unspecified atom stereocenters. The van der Waals surface area contributed by atoms with Gasteiger partial charge in [-0.25, -0.2) is 0 Å². The molecule has 2 N–H and O–H groups in total. The average molecular weight is 400 g/mol. The molecule has 2 rings (SSSR count). The molecule has 29 heavy (non-hydrogen) atoms. The molecule has 0 aliphatic rings. The number of hydrogen-bond acceptors (Lipinski definition) is 6. The summed E-state index contributed by atoms with van der Waals surface area (Å²) < 4.78 is 15.4. The lowest BCUT2D eigenvalue weighted by molar-refractivity contribution is -0.147. The van der Waals surface area contributed by atoms with Crippen LogP contribution >= 0.6 is 0 Å². The Bertz CT molecular complexity index is 835. The van der Waals surface area contributed by atoms with Gasteiger partial charge in [0, 0.05) is 12.1 Å². The number of rotatable bonds is 10. The second kappa shape index (κ2) is 11.3. The lowest BCUT2D eigenvalue weighted by atomic mass is 10.2. The summed E-state index contributed by atoms with van der Waals surface area (Å²) in [5.41, 5.74) is 1.09. The van der Waals surface area contributed by atoms with Crippen molar-refractivity contribution in [2.45, 2.75) is 19.8 Å². The van der Waals surface area contributed by atoms with Gasteiger partial charge in [-0.1, -0.05) is 12.1 Å². The van der Waals surface area contributed by atoms with Gasteiger partial charge >= 0.3 is 5.97 Å². The number of ether oxygens (including phenoxy) is 3. The number of amides is 2. The minimum atomic E-state index is -0.636. The molecular formula is C21H24N2O6. The first kappa shape index (κ1) is 21.7. The van der Waals surface area contributed by atoms with Gasteiger partial charge in [-0.05, 0) is 43.3 Å². The number of benzene rings is 2. The topological polar surface area (TPSA) is 103 Å². The summed E-state index contributed by atoms with van der Waals surface area (Å²) in [5, 5.41) is 5.30. The zero-order valence-electron chi connectivity index (χ0n) is 16.4. The molecule has 2 aromatic carbocycles. The van der Waals surface area contributed by atoms with E-state index < -0.39 is 18.5 Å². The Hall–Kier alpha value is -3.55. The third-order valence-corrected chi connectivity index (χ3v) is 3.76. The molecule has 2 aromatic rings. The van der Waals surface area contributed by atoms with Gasteiger partial charge in [-0.15, -0.1) is 0 Å². The number of anilines is 2. The molecule has 0 atom stereocenters. The minimum absolute atomic E-state index is 0.0559. The monoisotopic (exact) mass is 400 g/mol. The van der Waals surface area contributed by atoms with E-state index in [-0.39, 0.29) is 18.7 Å². The molecule has 0 bridgehead atoms. The number of hydrogen-bond donors (Lipinski definition) is 2. The maximum atomic E-state index is 12.0. The first-order valence-electron chi connectivity index (χ1n) is 9.13. The highest BCUT2D eigenvalue weighted by molar-refractivity contribution is 5.95. The third kappa shape index (κ3) is 7.53. The van der Waals surface area contributed by atoms with Crippen LogP contribution in [0, 0.1) is 0 Å². The molecule has 0 saturated heterocycles. The molecular weight excluding hydrogens is 376 g/mol. The lowest BCUT2D eigenvalue weighted by Crippen LogP contribution is -2.22. The molecule has 0 spiro atoms. The highest BCUT2D eigenvalue weighted by atomic mass is 16.5. The molecule has 154 valence electrons. The zero-order chi connectivity index (χ0) is 21.1. The molecule has 0 aliphatic carbocycles. The Morgan fingerprint density at radius 2 is 1.62 bits per heavy atom. The van der Waals surface area contributed by atoms with E-state index in [0.717, 1.165) is 0 Å². The second-order valence-corrected chi connectivity index (χ2v) is 5.91. The van der Waals surface area contributed by atoms with Gasteiger partial charge in [0.15, 0.2) is 6.61 Å². The lowest BCUT2D eigenvalue weighted by Gasteiger charge is -2.11. The van der Waals surface area contributed by atoms with Crippen LogP contribution in [0.1, 0.15) is 19.8 Å². The van der Waals surface area contributed by atoms with Gasteiger partial charge in [0.05, 0.1) is 25.8 Å². The van der Waals surface area contributed by atoms with Crippen LogP contribution in [0.3, 0.4) is 0 Å². The number of carbonyl (C=O) groups is 3. The SMILES string of the molecule is CCOc1ccccc1NC(=O)COC(=O)CCC(=O)Nc1ccc(OC)cc1. The van der Waals surface area contributed by atoms with Crippen molar-refractivity contribution in [3.63, 3.8) is 0 Å². The van der Waals surface area contributed by atoms with Crippen LogP contribution in [-0.4, -0.2) is 38.1 Å². The summed E-state index contributed by atoms with van der Waals surface area (Å²) in [6, 6.07) is 13.8. The molecule has 0 aromatic heterocycles. The van der Waals surface area contributed by atoms with Crippen LogP contribution in [0.4, 0.5) is 11.4 Å². The van der Waals surface area contributed by atoms with Crippen LogP contribution in [0.25, 0.3) is 0 Å². The van der Waals surface area contributed by atoms with Gasteiger partial charge in [0.25, 0.3) is 5.91 Å². The smallest absolute Gasteiger partial charge is 0.306 e. The summed E-state index contributed by atoms with van der Waals surface area (Å²) in [5.74, 6) is -0.253. The largest absolute Gasteiger partial charge is 0.497 e. The molecule has 0 aliphatic heterocycles. The van der Waals surface area contributed by atoms with E-state index >= 15 is 0 Å². The fraction of sp³-hybridized carbons (Fsp3) is 0.286. The average Bonchev–Trinajstić information content (AvgIpc) is 2.73. The number of carbonyl (C=O) groups excluding carboxylic acids is 3. The summed E-state index contributed by atoms with van der Waals surface area (Å²) >= 11 is 0. The van der Waals surface area contributed by atoms with Gasteiger partial charge in [0.2, 0.25) is 5.91 Å². The first-order valence-corrected chi connectivity index (χ1v) is 9.13. The predicted molar refractivity (Wildman–Crippen MR) is 108 cm³/mol. The summed E-state index contributed by atoms with van der Waals surface area (Å²) in [7, 11) is 1.55. The van der Waals surface area contributed by atoms with Crippen LogP contribution < -0.4 is 20.1 Å². The Labute approximate surface area is 169 Å². The Morgan fingerprint density at radius 1 is 0.897 bits per heavy atom. The Balaban J connectivity index is 1.71. The quantitative estimate of drug-likeness (QED) is 0.595. The number of methoxy groups -OCH3 is 1.